The molecule has 5 heteroatoms. The fourth-order valence-electron chi connectivity index (χ4n) is 2.01. The number of hydrogen-bond acceptors (Lipinski definition) is 3. The van der Waals surface area contributed by atoms with E-state index in [1.807, 2.05) is 53.2 Å². The number of imidazole rings is 1. The zero-order valence-electron chi connectivity index (χ0n) is 10.7. The van der Waals surface area contributed by atoms with Crippen LogP contribution in [0.4, 0.5) is 0 Å². The molecule has 0 bridgehead atoms. The lowest BCUT2D eigenvalue weighted by Crippen LogP contribution is -2.01. The van der Waals surface area contributed by atoms with Gasteiger partial charge in [-0.3, -0.25) is 0 Å². The average Bonchev–Trinajstić information content (AvgIpc) is 2.88. The molecule has 0 atom stereocenters. The van der Waals surface area contributed by atoms with Gasteiger partial charge in [-0.25, -0.2) is 4.98 Å². The number of benzene rings is 1. The molecule has 2 aromatic heterocycles. The molecule has 3 rings (SSSR count). The van der Waals surface area contributed by atoms with Gasteiger partial charge >= 0.3 is 0 Å². The van der Waals surface area contributed by atoms with Crippen molar-refractivity contribution in [1.29, 1.82) is 0 Å². The van der Waals surface area contributed by atoms with E-state index in [1.54, 1.807) is 0 Å². The maximum absolute atomic E-state index is 8.79. The van der Waals surface area contributed by atoms with Crippen molar-refractivity contribution in [2.75, 3.05) is 13.2 Å². The lowest BCUT2D eigenvalue weighted by Gasteiger charge is -2.05. The number of halogens is 1. The molecule has 102 valence electrons. The van der Waals surface area contributed by atoms with Crippen LogP contribution in [0.1, 0.15) is 0 Å². The Morgan fingerprint density at radius 1 is 1.20 bits per heavy atom. The van der Waals surface area contributed by atoms with E-state index in [0.29, 0.717) is 6.61 Å². The molecule has 0 saturated heterocycles. The van der Waals surface area contributed by atoms with Crippen molar-refractivity contribution in [2.45, 2.75) is 0 Å². The van der Waals surface area contributed by atoms with E-state index >= 15 is 0 Å². The Hall–Kier alpha value is -1.60. The largest absolute Gasteiger partial charge is 0.491 e. The molecule has 0 aliphatic heterocycles. The summed E-state index contributed by atoms with van der Waals surface area (Å²) in [7, 11) is 0. The molecule has 0 aliphatic rings. The van der Waals surface area contributed by atoms with Crippen LogP contribution in [0.3, 0.4) is 0 Å². The Balaban J connectivity index is 1.97. The molecule has 4 nitrogen and oxygen atoms in total. The Bertz CT molecular complexity index is 740. The van der Waals surface area contributed by atoms with Gasteiger partial charge in [0.25, 0.3) is 0 Å². The van der Waals surface area contributed by atoms with Crippen LogP contribution in [0.15, 0.2) is 48.8 Å². The number of aliphatic hydroxyl groups excluding tert-OH is 1. The summed E-state index contributed by atoms with van der Waals surface area (Å²) in [5, 5.41) is 8.79. The minimum Gasteiger partial charge on any atom is -0.491 e. The third-order valence-corrected chi connectivity index (χ3v) is 3.54. The summed E-state index contributed by atoms with van der Waals surface area (Å²) in [6.07, 6.45) is 4.04. The lowest BCUT2D eigenvalue weighted by atomic mass is 10.1. The first-order valence-electron chi connectivity index (χ1n) is 6.24. The van der Waals surface area contributed by atoms with Gasteiger partial charge in [-0.2, -0.15) is 0 Å². The average molecular weight is 376 g/mol. The van der Waals surface area contributed by atoms with Crippen LogP contribution in [0.5, 0.6) is 5.75 Å². The zero-order chi connectivity index (χ0) is 13.9. The van der Waals surface area contributed by atoms with Crippen LogP contribution < -0.4 is 4.74 Å². The molecule has 0 amide bonds. The summed E-state index contributed by atoms with van der Waals surface area (Å²) in [6, 6.07) is 11.8. The first-order chi connectivity index (χ1) is 9.76. The quantitative estimate of drug-likeness (QED) is 0.713. The first-order valence-corrected chi connectivity index (χ1v) is 7.32. The Labute approximate surface area is 130 Å². The molecule has 2 heterocycles. The van der Waals surface area contributed by atoms with Crippen LogP contribution in [0.2, 0.25) is 0 Å². The molecular formula is C15H13IN2O2. The number of hydrogen-bond donors (Lipinski definition) is 1. The second-order valence-corrected chi connectivity index (χ2v) is 5.58. The van der Waals surface area contributed by atoms with Crippen LogP contribution in [-0.4, -0.2) is 27.7 Å². The van der Waals surface area contributed by atoms with E-state index in [9.17, 15) is 0 Å². The minimum atomic E-state index is 0.0109. The number of aromatic nitrogens is 2. The molecular weight excluding hydrogens is 363 g/mol. The Kier molecular flexibility index (Phi) is 3.88. The minimum absolute atomic E-state index is 0.0109. The monoisotopic (exact) mass is 376 g/mol. The summed E-state index contributed by atoms with van der Waals surface area (Å²) < 4.78 is 8.60. The smallest absolute Gasteiger partial charge is 0.137 e. The summed E-state index contributed by atoms with van der Waals surface area (Å²) >= 11 is 2.28. The van der Waals surface area contributed by atoms with Crippen molar-refractivity contribution in [3.8, 4) is 17.0 Å². The number of rotatable bonds is 4. The maximum atomic E-state index is 8.79. The first kappa shape index (κ1) is 13.4. The predicted molar refractivity (Wildman–Crippen MR) is 85.9 cm³/mol. The SMILES string of the molecule is OCCOc1cccc(-c2cn3cc([123I])ccc3n2)c1. The fraction of sp³-hybridized carbons (Fsp3) is 0.133. The molecule has 0 aliphatic carbocycles. The molecule has 0 fully saturated rings. The van der Waals surface area contributed by atoms with Gasteiger partial charge in [0.15, 0.2) is 0 Å². The number of nitrogens with zero attached hydrogens (tertiary/aromatic N) is 2. The molecule has 1 aromatic carbocycles. The van der Waals surface area contributed by atoms with E-state index in [0.717, 1.165) is 22.7 Å². The van der Waals surface area contributed by atoms with Gasteiger partial charge in [0, 0.05) is 21.5 Å². The van der Waals surface area contributed by atoms with E-state index in [4.69, 9.17) is 9.84 Å². The molecule has 20 heavy (non-hydrogen) atoms. The molecule has 1 N–H and O–H groups in total. The van der Waals surface area contributed by atoms with Crippen molar-refractivity contribution in [2.24, 2.45) is 0 Å². The van der Waals surface area contributed by atoms with Crippen molar-refractivity contribution >= 4 is 28.2 Å². The van der Waals surface area contributed by atoms with Crippen LogP contribution in [0, 0.1) is 3.57 Å². The van der Waals surface area contributed by atoms with Crippen molar-refractivity contribution in [3.05, 3.63) is 52.4 Å². The lowest BCUT2D eigenvalue weighted by molar-refractivity contribution is 0.201. The fourth-order valence-corrected chi connectivity index (χ4v) is 2.49. The van der Waals surface area contributed by atoms with E-state index in [-0.39, 0.29) is 6.61 Å². The maximum Gasteiger partial charge on any atom is 0.137 e. The zero-order valence-corrected chi connectivity index (χ0v) is 12.8. The summed E-state index contributed by atoms with van der Waals surface area (Å²) in [5.74, 6) is 0.739. The molecule has 0 spiro atoms. The van der Waals surface area contributed by atoms with Crippen LogP contribution >= 0.6 is 22.6 Å². The number of aliphatic hydroxyl groups is 1. The van der Waals surface area contributed by atoms with Crippen molar-refractivity contribution in [3.63, 3.8) is 0 Å². The van der Waals surface area contributed by atoms with Crippen molar-refractivity contribution in [1.82, 2.24) is 9.38 Å². The number of fused-ring (bicyclic) bond motifs is 1. The molecule has 3 aromatic rings. The summed E-state index contributed by atoms with van der Waals surface area (Å²) in [6.45, 7) is 0.309. The highest BCUT2D eigenvalue weighted by atomic mass is 123. The van der Waals surface area contributed by atoms with Crippen molar-refractivity contribution < 1.29 is 9.84 Å². The third-order valence-electron chi connectivity index (χ3n) is 2.90. The highest BCUT2D eigenvalue weighted by molar-refractivity contribution is 14.1. The van der Waals surface area contributed by atoms with Gasteiger partial charge in [-0.05, 0) is 46.9 Å². The molecule has 0 saturated carbocycles. The standard InChI is InChI=1S/C15H13IN2O2/c16-12-4-5-15-17-14(10-18(15)9-12)11-2-1-3-13(8-11)20-7-6-19/h1-5,8-10,19H,6-7H2/i16-4. The van der Waals surface area contributed by atoms with Gasteiger partial charge in [0.2, 0.25) is 0 Å². The van der Waals surface area contributed by atoms with Gasteiger partial charge in [0.05, 0.1) is 12.3 Å². The third kappa shape index (κ3) is 2.78. The normalized spacial score (nSPS) is 10.9. The van der Waals surface area contributed by atoms with Crippen LogP contribution in [-0.2, 0) is 0 Å². The van der Waals surface area contributed by atoms with E-state index in [2.05, 4.69) is 27.6 Å². The molecule has 0 radical (unpaired) electrons. The topological polar surface area (TPSA) is 46.8 Å². The summed E-state index contributed by atoms with van der Waals surface area (Å²) in [5.41, 5.74) is 2.82. The predicted octanol–water partition coefficient (Wildman–Crippen LogP) is 2.98. The Morgan fingerprint density at radius 3 is 2.95 bits per heavy atom. The van der Waals surface area contributed by atoms with Crippen LogP contribution in [0.25, 0.3) is 16.9 Å². The van der Waals surface area contributed by atoms with E-state index < -0.39 is 0 Å². The highest BCUT2D eigenvalue weighted by Gasteiger charge is 2.05. The highest BCUT2D eigenvalue weighted by Crippen LogP contribution is 2.24. The van der Waals surface area contributed by atoms with Gasteiger partial charge in [-0.1, -0.05) is 12.1 Å². The van der Waals surface area contributed by atoms with Gasteiger partial charge in [-0.15, -0.1) is 0 Å². The van der Waals surface area contributed by atoms with Gasteiger partial charge in [0.1, 0.15) is 18.0 Å². The number of ether oxygens (including phenoxy) is 1. The second kappa shape index (κ2) is 5.80. The van der Waals surface area contributed by atoms with E-state index in [1.165, 1.54) is 3.57 Å². The number of pyridine rings is 1. The molecule has 0 unspecified atom stereocenters. The summed E-state index contributed by atoms with van der Waals surface area (Å²) in [4.78, 5) is 4.60. The van der Waals surface area contributed by atoms with Gasteiger partial charge < -0.3 is 14.2 Å². The Morgan fingerprint density at radius 2 is 2.10 bits per heavy atom. The second-order valence-electron chi connectivity index (χ2n) is 4.34.